The minimum Gasteiger partial charge on any atom is -0.393 e. The van der Waals surface area contributed by atoms with Crippen molar-refractivity contribution in [2.24, 2.45) is 34.0 Å². The van der Waals surface area contributed by atoms with Gasteiger partial charge >= 0.3 is 0 Å². The van der Waals surface area contributed by atoms with Crippen molar-refractivity contribution in [3.05, 3.63) is 58.7 Å². The summed E-state index contributed by atoms with van der Waals surface area (Å²) in [5, 5.41) is 22.0. The fourth-order valence-electron chi connectivity index (χ4n) is 8.68. The molecule has 0 aromatic heterocycles. The van der Waals surface area contributed by atoms with Gasteiger partial charge in [-0.3, -0.25) is 0 Å². The molecular weight excluding hydrogens is 392 g/mol. The maximum atomic E-state index is 11.2. The largest absolute Gasteiger partial charge is 0.393 e. The molecule has 4 aliphatic carbocycles. The van der Waals surface area contributed by atoms with Gasteiger partial charge in [0.1, 0.15) is 0 Å². The van der Waals surface area contributed by atoms with E-state index in [4.69, 9.17) is 0 Å². The van der Waals surface area contributed by atoms with E-state index in [9.17, 15) is 10.2 Å². The number of fused-ring (bicyclic) bond motifs is 4. The summed E-state index contributed by atoms with van der Waals surface area (Å²) in [6.07, 6.45) is 9.83. The van der Waals surface area contributed by atoms with Gasteiger partial charge in [0.05, 0.1) is 12.2 Å². The Labute approximate surface area is 194 Å². The Bertz CT molecular complexity index is 941. The number of hydrogen-bond acceptors (Lipinski definition) is 2. The predicted octanol–water partition coefficient (Wildman–Crippen LogP) is 7.00. The summed E-state index contributed by atoms with van der Waals surface area (Å²) in [7, 11) is 0. The van der Waals surface area contributed by atoms with Crippen LogP contribution in [-0.2, 0) is 0 Å². The Morgan fingerprint density at radius 2 is 1.66 bits per heavy atom. The summed E-state index contributed by atoms with van der Waals surface area (Å²) in [6.45, 7) is 11.9. The van der Waals surface area contributed by atoms with Crippen molar-refractivity contribution < 1.29 is 10.2 Å². The van der Waals surface area contributed by atoms with Gasteiger partial charge in [-0.05, 0) is 95.7 Å². The molecule has 5 rings (SSSR count). The molecule has 1 saturated carbocycles. The molecule has 174 valence electrons. The summed E-state index contributed by atoms with van der Waals surface area (Å²) in [4.78, 5) is 0. The maximum absolute atomic E-state index is 11.2. The monoisotopic (exact) mass is 434 g/mol. The lowest BCUT2D eigenvalue weighted by molar-refractivity contribution is -0.0907. The van der Waals surface area contributed by atoms with Crippen molar-refractivity contribution >= 4 is 0 Å². The van der Waals surface area contributed by atoms with Crippen molar-refractivity contribution in [2.75, 3.05) is 0 Å². The average molecular weight is 435 g/mol. The van der Waals surface area contributed by atoms with Crippen LogP contribution in [-0.4, -0.2) is 16.3 Å². The molecule has 0 radical (unpaired) electrons. The maximum Gasteiger partial charge on any atom is 0.0818 e. The Balaban J connectivity index is 1.46. The summed E-state index contributed by atoms with van der Waals surface area (Å²) < 4.78 is 0. The van der Waals surface area contributed by atoms with Gasteiger partial charge in [-0.1, -0.05) is 76.6 Å². The third-order valence-electron chi connectivity index (χ3n) is 10.7. The zero-order valence-corrected chi connectivity index (χ0v) is 20.7. The average Bonchev–Trinajstić information content (AvgIpc) is 3.13. The second kappa shape index (κ2) is 7.57. The molecule has 2 N–H and O–H groups in total. The van der Waals surface area contributed by atoms with Crippen LogP contribution in [0.15, 0.2) is 53.1 Å². The molecule has 2 heteroatoms. The van der Waals surface area contributed by atoms with E-state index in [2.05, 4.69) is 52.8 Å². The molecule has 1 aromatic rings. The molecule has 0 amide bonds. The van der Waals surface area contributed by atoms with Crippen LogP contribution < -0.4 is 0 Å². The Hall–Kier alpha value is -1.38. The van der Waals surface area contributed by atoms with Crippen LogP contribution in [0.2, 0.25) is 0 Å². The third kappa shape index (κ3) is 3.05. The molecule has 0 heterocycles. The summed E-state index contributed by atoms with van der Waals surface area (Å²) in [5.41, 5.74) is 6.42. The lowest BCUT2D eigenvalue weighted by atomic mass is 9.46. The SMILES string of the molecule is C[C@H](C(O)c1ccccc1)[C@H]1CC=C2C3=C(CC[C@@]21C)[C@@]1(C)CC[C@H](O)C(C)(C)[C@@H]1CC3. The summed E-state index contributed by atoms with van der Waals surface area (Å²) in [5.74, 6) is 1.28. The van der Waals surface area contributed by atoms with E-state index in [1.165, 1.54) is 19.3 Å². The predicted molar refractivity (Wildman–Crippen MR) is 131 cm³/mol. The van der Waals surface area contributed by atoms with Crippen LogP contribution in [0.4, 0.5) is 0 Å². The highest BCUT2D eigenvalue weighted by molar-refractivity contribution is 5.50. The second-order valence-electron chi connectivity index (χ2n) is 12.4. The first-order valence-corrected chi connectivity index (χ1v) is 13.0. The van der Waals surface area contributed by atoms with Crippen LogP contribution in [0.3, 0.4) is 0 Å². The number of rotatable bonds is 3. The van der Waals surface area contributed by atoms with Gasteiger partial charge in [0.25, 0.3) is 0 Å². The summed E-state index contributed by atoms with van der Waals surface area (Å²) >= 11 is 0. The topological polar surface area (TPSA) is 40.5 Å². The van der Waals surface area contributed by atoms with Crippen LogP contribution >= 0.6 is 0 Å². The molecule has 4 aliphatic rings. The molecule has 0 bridgehead atoms. The Morgan fingerprint density at radius 3 is 2.38 bits per heavy atom. The van der Waals surface area contributed by atoms with E-state index in [-0.39, 0.29) is 28.3 Å². The number of aliphatic hydroxyl groups is 2. The zero-order chi connectivity index (χ0) is 22.9. The summed E-state index contributed by atoms with van der Waals surface area (Å²) in [6, 6.07) is 10.2. The van der Waals surface area contributed by atoms with Gasteiger partial charge in [0.15, 0.2) is 0 Å². The molecule has 1 unspecified atom stereocenters. The van der Waals surface area contributed by atoms with Crippen LogP contribution in [0.25, 0.3) is 0 Å². The lowest BCUT2D eigenvalue weighted by Crippen LogP contribution is -2.53. The van der Waals surface area contributed by atoms with E-state index >= 15 is 0 Å². The van der Waals surface area contributed by atoms with E-state index < -0.39 is 6.10 Å². The second-order valence-corrected chi connectivity index (χ2v) is 12.4. The number of benzene rings is 1. The molecule has 0 saturated heterocycles. The first kappa shape index (κ1) is 22.4. The van der Waals surface area contributed by atoms with Crippen LogP contribution in [0, 0.1) is 34.0 Å². The number of aliphatic hydroxyl groups excluding tert-OH is 2. The normalized spacial score (nSPS) is 40.1. The molecule has 1 aromatic carbocycles. The van der Waals surface area contributed by atoms with Crippen molar-refractivity contribution in [1.82, 2.24) is 0 Å². The smallest absolute Gasteiger partial charge is 0.0818 e. The lowest BCUT2D eigenvalue weighted by Gasteiger charge is -2.59. The third-order valence-corrected chi connectivity index (χ3v) is 10.7. The fraction of sp³-hybridized carbons (Fsp3) is 0.667. The Morgan fingerprint density at radius 1 is 0.938 bits per heavy atom. The molecule has 32 heavy (non-hydrogen) atoms. The minimum atomic E-state index is -0.407. The highest BCUT2D eigenvalue weighted by Crippen LogP contribution is 2.66. The van der Waals surface area contributed by atoms with Gasteiger partial charge in [-0.15, -0.1) is 0 Å². The van der Waals surface area contributed by atoms with E-state index in [0.717, 1.165) is 31.2 Å². The van der Waals surface area contributed by atoms with Gasteiger partial charge < -0.3 is 10.2 Å². The molecule has 0 spiro atoms. The number of hydrogen-bond donors (Lipinski definition) is 2. The van der Waals surface area contributed by atoms with Gasteiger partial charge in [-0.2, -0.15) is 0 Å². The van der Waals surface area contributed by atoms with Gasteiger partial charge in [-0.25, -0.2) is 0 Å². The Kier molecular flexibility index (Phi) is 5.30. The van der Waals surface area contributed by atoms with Crippen molar-refractivity contribution in [1.29, 1.82) is 0 Å². The number of allylic oxidation sites excluding steroid dienone is 4. The molecule has 2 nitrogen and oxygen atoms in total. The highest BCUT2D eigenvalue weighted by Gasteiger charge is 2.57. The van der Waals surface area contributed by atoms with Crippen LogP contribution in [0.5, 0.6) is 0 Å². The highest BCUT2D eigenvalue weighted by atomic mass is 16.3. The zero-order valence-electron chi connectivity index (χ0n) is 20.7. The minimum absolute atomic E-state index is 0.00677. The van der Waals surface area contributed by atoms with E-state index in [1.54, 1.807) is 16.7 Å². The first-order valence-electron chi connectivity index (χ1n) is 13.0. The van der Waals surface area contributed by atoms with Crippen molar-refractivity contribution in [2.45, 2.75) is 91.8 Å². The van der Waals surface area contributed by atoms with E-state index in [1.807, 2.05) is 18.2 Å². The van der Waals surface area contributed by atoms with Gasteiger partial charge in [0.2, 0.25) is 0 Å². The van der Waals surface area contributed by atoms with Gasteiger partial charge in [0, 0.05) is 0 Å². The first-order chi connectivity index (χ1) is 15.1. The van der Waals surface area contributed by atoms with Crippen LogP contribution in [0.1, 0.15) is 91.2 Å². The van der Waals surface area contributed by atoms with E-state index in [0.29, 0.717) is 11.8 Å². The molecule has 1 fully saturated rings. The van der Waals surface area contributed by atoms with Crippen molar-refractivity contribution in [3.63, 3.8) is 0 Å². The molecule has 7 atom stereocenters. The standard InChI is InChI=1S/C30H42O2/c1-19(27(32)20-9-7-6-8-10-20)22-12-13-23-21-11-14-25-28(2,3)26(31)16-18-30(25,5)24(21)15-17-29(22,23)4/h6-10,13,19,22,25-27,31-32H,11-12,14-18H2,1-5H3/t19-,22+,25-,26-,27?,29+,30+/m0/s1. The fourth-order valence-corrected chi connectivity index (χ4v) is 8.68. The van der Waals surface area contributed by atoms with Crippen molar-refractivity contribution in [3.8, 4) is 0 Å². The molecule has 0 aliphatic heterocycles. The quantitative estimate of drug-likeness (QED) is 0.538. The molecular formula is C30H42O2.